The first kappa shape index (κ1) is 15.4. The molecule has 0 aliphatic heterocycles. The maximum absolute atomic E-state index is 10.9. The van der Waals surface area contributed by atoms with E-state index >= 15 is 0 Å². The van der Waals surface area contributed by atoms with Crippen molar-refractivity contribution < 1.29 is 4.92 Å². The van der Waals surface area contributed by atoms with Gasteiger partial charge in [-0.1, -0.05) is 38.8 Å². The van der Waals surface area contributed by atoms with Crippen LogP contribution in [0.3, 0.4) is 0 Å². The molecule has 1 aliphatic rings. The number of nitro benzene ring substituents is 1. The molecule has 0 spiro atoms. The van der Waals surface area contributed by atoms with E-state index in [1.807, 2.05) is 6.07 Å². The highest BCUT2D eigenvalue weighted by atomic mass is 79.9. The molecule has 4 nitrogen and oxygen atoms in total. The number of hydrogen-bond donors (Lipinski definition) is 1. The Morgan fingerprint density at radius 1 is 1.45 bits per heavy atom. The molecule has 1 unspecified atom stereocenters. The molecule has 1 aromatic rings. The molecule has 1 atom stereocenters. The van der Waals surface area contributed by atoms with Gasteiger partial charge in [-0.3, -0.25) is 10.1 Å². The van der Waals surface area contributed by atoms with E-state index in [1.165, 1.54) is 31.7 Å². The molecule has 1 N–H and O–H groups in total. The summed E-state index contributed by atoms with van der Waals surface area (Å²) in [6.45, 7) is 5.26. The molecule has 1 aliphatic carbocycles. The molecule has 2 rings (SSSR count). The lowest BCUT2D eigenvalue weighted by atomic mass is 9.73. The number of hydrogen-bond acceptors (Lipinski definition) is 3. The first-order chi connectivity index (χ1) is 9.42. The highest BCUT2D eigenvalue weighted by molar-refractivity contribution is 9.10. The minimum atomic E-state index is -0.349. The van der Waals surface area contributed by atoms with Gasteiger partial charge in [-0.25, -0.2) is 0 Å². The smallest absolute Gasteiger partial charge is 0.283 e. The van der Waals surface area contributed by atoms with Crippen molar-refractivity contribution in [2.75, 3.05) is 0 Å². The summed E-state index contributed by atoms with van der Waals surface area (Å²) >= 11 is 3.35. The third-order valence-corrected chi connectivity index (χ3v) is 5.22. The predicted molar refractivity (Wildman–Crippen MR) is 83.7 cm³/mol. The van der Waals surface area contributed by atoms with Gasteiger partial charge in [0.05, 0.1) is 9.40 Å². The molecule has 1 saturated carbocycles. The molecule has 0 aromatic heterocycles. The van der Waals surface area contributed by atoms with E-state index in [1.54, 1.807) is 6.07 Å². The molecule has 110 valence electrons. The van der Waals surface area contributed by atoms with Gasteiger partial charge in [-0.2, -0.15) is 0 Å². The average Bonchev–Trinajstić information content (AvgIpc) is 2.38. The van der Waals surface area contributed by atoms with Gasteiger partial charge < -0.3 is 5.32 Å². The van der Waals surface area contributed by atoms with Gasteiger partial charge in [0.25, 0.3) is 5.69 Å². The number of rotatable bonds is 4. The Bertz CT molecular complexity index is 503. The highest BCUT2D eigenvalue weighted by Gasteiger charge is 2.31. The first-order valence-corrected chi connectivity index (χ1v) is 7.86. The lowest BCUT2D eigenvalue weighted by Crippen LogP contribution is -2.43. The number of nitrogens with zero attached hydrogens (tertiary/aromatic N) is 1. The summed E-state index contributed by atoms with van der Waals surface area (Å²) in [4.78, 5) is 10.6. The van der Waals surface area contributed by atoms with Crippen LogP contribution in [0.4, 0.5) is 5.69 Å². The fourth-order valence-electron chi connectivity index (χ4n) is 2.95. The van der Waals surface area contributed by atoms with E-state index in [0.717, 1.165) is 5.56 Å². The quantitative estimate of drug-likeness (QED) is 0.652. The molecule has 0 radical (unpaired) electrons. The number of nitro groups is 1. The van der Waals surface area contributed by atoms with Gasteiger partial charge >= 0.3 is 0 Å². The molecular formula is C15H21BrN2O2. The monoisotopic (exact) mass is 340 g/mol. The molecule has 0 saturated heterocycles. The van der Waals surface area contributed by atoms with Gasteiger partial charge in [0, 0.05) is 18.7 Å². The van der Waals surface area contributed by atoms with Crippen molar-refractivity contribution in [3.63, 3.8) is 0 Å². The summed E-state index contributed by atoms with van der Waals surface area (Å²) in [7, 11) is 0. The predicted octanol–water partition coefficient (Wildman–Crippen LogP) is 4.42. The lowest BCUT2D eigenvalue weighted by molar-refractivity contribution is -0.385. The van der Waals surface area contributed by atoms with Gasteiger partial charge in [0.15, 0.2) is 0 Å². The van der Waals surface area contributed by atoms with Gasteiger partial charge in [-0.15, -0.1) is 0 Å². The second-order valence-electron chi connectivity index (χ2n) is 6.18. The molecule has 0 amide bonds. The lowest BCUT2D eigenvalue weighted by Gasteiger charge is -2.39. The summed E-state index contributed by atoms with van der Waals surface area (Å²) < 4.78 is 0.589. The van der Waals surface area contributed by atoms with Gasteiger partial charge in [0.1, 0.15) is 0 Å². The number of benzene rings is 1. The summed E-state index contributed by atoms with van der Waals surface area (Å²) in [5, 5.41) is 14.5. The minimum Gasteiger partial charge on any atom is -0.309 e. The maximum atomic E-state index is 10.9. The first-order valence-electron chi connectivity index (χ1n) is 7.07. The number of halogens is 1. The molecule has 1 fully saturated rings. The van der Waals surface area contributed by atoms with Crippen LogP contribution < -0.4 is 5.32 Å². The Morgan fingerprint density at radius 3 is 2.85 bits per heavy atom. The highest BCUT2D eigenvalue weighted by Crippen LogP contribution is 2.36. The molecule has 0 bridgehead atoms. The molecular weight excluding hydrogens is 320 g/mol. The fraction of sp³-hybridized carbons (Fsp3) is 0.600. The summed E-state index contributed by atoms with van der Waals surface area (Å²) in [5.74, 6) is 0. The largest absolute Gasteiger partial charge is 0.309 e. The maximum Gasteiger partial charge on any atom is 0.283 e. The van der Waals surface area contributed by atoms with Crippen LogP contribution in [0, 0.1) is 15.5 Å². The van der Waals surface area contributed by atoms with Crippen molar-refractivity contribution in [2.45, 2.75) is 52.1 Å². The van der Waals surface area contributed by atoms with Crippen LogP contribution in [-0.4, -0.2) is 11.0 Å². The van der Waals surface area contributed by atoms with E-state index in [0.29, 0.717) is 22.5 Å². The molecule has 0 heterocycles. The minimum absolute atomic E-state index is 0.132. The van der Waals surface area contributed by atoms with Crippen LogP contribution in [0.1, 0.15) is 45.1 Å². The number of nitrogens with one attached hydrogen (secondary N) is 1. The summed E-state index contributed by atoms with van der Waals surface area (Å²) in [6.07, 6.45) is 4.98. The van der Waals surface area contributed by atoms with Crippen molar-refractivity contribution >= 4 is 21.6 Å². The van der Waals surface area contributed by atoms with Crippen LogP contribution in [0.15, 0.2) is 22.7 Å². The Kier molecular flexibility index (Phi) is 4.81. The Hall–Kier alpha value is -0.940. The zero-order valence-electron chi connectivity index (χ0n) is 12.0. The summed E-state index contributed by atoms with van der Waals surface area (Å²) in [5.41, 5.74) is 1.37. The van der Waals surface area contributed by atoms with Crippen molar-refractivity contribution in [1.82, 2.24) is 5.32 Å². The van der Waals surface area contributed by atoms with Crippen molar-refractivity contribution in [3.05, 3.63) is 38.3 Å². The van der Waals surface area contributed by atoms with Gasteiger partial charge in [0.2, 0.25) is 0 Å². The Labute approximate surface area is 128 Å². The molecule has 1 aromatic carbocycles. The van der Waals surface area contributed by atoms with Crippen LogP contribution in [0.2, 0.25) is 0 Å². The summed E-state index contributed by atoms with van der Waals surface area (Å²) in [6, 6.07) is 5.67. The van der Waals surface area contributed by atoms with E-state index < -0.39 is 0 Å². The normalized spacial score (nSPS) is 21.6. The van der Waals surface area contributed by atoms with Crippen LogP contribution in [0.5, 0.6) is 0 Å². The molecule has 5 heteroatoms. The van der Waals surface area contributed by atoms with Crippen LogP contribution >= 0.6 is 15.9 Å². The fourth-order valence-corrected chi connectivity index (χ4v) is 3.50. The zero-order chi connectivity index (χ0) is 14.8. The van der Waals surface area contributed by atoms with E-state index in [-0.39, 0.29) is 10.6 Å². The van der Waals surface area contributed by atoms with Gasteiger partial charge in [-0.05, 0) is 39.8 Å². The third-order valence-electron chi connectivity index (χ3n) is 4.30. The topological polar surface area (TPSA) is 55.2 Å². The molecule has 20 heavy (non-hydrogen) atoms. The second kappa shape index (κ2) is 6.22. The van der Waals surface area contributed by atoms with E-state index in [2.05, 4.69) is 35.1 Å². The standard InChI is InChI=1S/C15H21BrN2O2/c1-15(2)9-4-3-8-13(15)17-10-11-6-5-7-12(14(11)16)18(19)20/h5-7,13,17H,3-4,8-10H2,1-2H3. The van der Waals surface area contributed by atoms with Crippen molar-refractivity contribution in [2.24, 2.45) is 5.41 Å². The second-order valence-corrected chi connectivity index (χ2v) is 6.97. The zero-order valence-corrected chi connectivity index (χ0v) is 13.6. The average molecular weight is 341 g/mol. The van der Waals surface area contributed by atoms with Crippen LogP contribution in [-0.2, 0) is 6.54 Å². The van der Waals surface area contributed by atoms with Crippen molar-refractivity contribution in [3.8, 4) is 0 Å². The SMILES string of the molecule is CC1(C)CCCCC1NCc1cccc([N+](=O)[O-])c1Br. The Morgan fingerprint density at radius 2 is 2.20 bits per heavy atom. The van der Waals surface area contributed by atoms with E-state index in [4.69, 9.17) is 0 Å². The third kappa shape index (κ3) is 3.38. The van der Waals surface area contributed by atoms with Crippen LogP contribution in [0.25, 0.3) is 0 Å². The van der Waals surface area contributed by atoms with Crippen molar-refractivity contribution in [1.29, 1.82) is 0 Å². The Balaban J connectivity index is 2.07. The van der Waals surface area contributed by atoms with E-state index in [9.17, 15) is 10.1 Å².